The molecule has 0 amide bonds. The van der Waals surface area contributed by atoms with Crippen molar-refractivity contribution in [3.8, 4) is 5.75 Å². The molecule has 0 spiro atoms. The molecule has 4 heteroatoms. The molecule has 0 bridgehead atoms. The molecule has 1 saturated heterocycles. The van der Waals surface area contributed by atoms with Crippen LogP contribution in [0.15, 0.2) is 57.7 Å². The molecular formula is C21H21NO3. The second-order valence-electron chi connectivity index (χ2n) is 6.72. The fraction of sp³-hybridized carbons (Fsp3) is 0.286. The average Bonchev–Trinajstić information content (AvgIpc) is 3.07. The zero-order valence-electron chi connectivity index (χ0n) is 14.2. The van der Waals surface area contributed by atoms with Gasteiger partial charge in [0.25, 0.3) is 0 Å². The van der Waals surface area contributed by atoms with Crippen molar-refractivity contribution in [3.05, 3.63) is 75.6 Å². The Hall–Kier alpha value is -2.59. The SMILES string of the molecule is Cc1c(O)ccc2c(CN3CCCC3c3ccccc3)cc(=O)oc12. The first-order valence-corrected chi connectivity index (χ1v) is 8.68. The largest absolute Gasteiger partial charge is 0.508 e. The van der Waals surface area contributed by atoms with Gasteiger partial charge in [-0.1, -0.05) is 30.3 Å². The minimum Gasteiger partial charge on any atom is -0.508 e. The minimum atomic E-state index is -0.369. The summed E-state index contributed by atoms with van der Waals surface area (Å²) >= 11 is 0. The molecule has 4 rings (SSSR count). The van der Waals surface area contributed by atoms with Crippen LogP contribution in [0.4, 0.5) is 0 Å². The molecular weight excluding hydrogens is 314 g/mol. The Balaban J connectivity index is 1.73. The van der Waals surface area contributed by atoms with Gasteiger partial charge in [0.2, 0.25) is 0 Å². The van der Waals surface area contributed by atoms with Gasteiger partial charge in [-0.2, -0.15) is 0 Å². The van der Waals surface area contributed by atoms with Gasteiger partial charge in [0.1, 0.15) is 11.3 Å². The van der Waals surface area contributed by atoms with Gasteiger partial charge < -0.3 is 9.52 Å². The number of likely N-dealkylation sites (tertiary alicyclic amines) is 1. The highest BCUT2D eigenvalue weighted by Crippen LogP contribution is 2.34. The van der Waals surface area contributed by atoms with Crippen LogP contribution < -0.4 is 5.63 Å². The molecule has 1 aliphatic heterocycles. The van der Waals surface area contributed by atoms with E-state index < -0.39 is 0 Å². The van der Waals surface area contributed by atoms with Crippen molar-refractivity contribution < 1.29 is 9.52 Å². The third-order valence-corrected chi connectivity index (χ3v) is 5.14. The monoisotopic (exact) mass is 335 g/mol. The number of hydrogen-bond acceptors (Lipinski definition) is 4. The maximum atomic E-state index is 12.0. The predicted molar refractivity (Wildman–Crippen MR) is 97.7 cm³/mol. The lowest BCUT2D eigenvalue weighted by Gasteiger charge is -2.25. The smallest absolute Gasteiger partial charge is 0.336 e. The summed E-state index contributed by atoms with van der Waals surface area (Å²) in [5.74, 6) is 0.149. The predicted octanol–water partition coefficient (Wildman–Crippen LogP) is 4.14. The number of rotatable bonds is 3. The molecule has 1 N–H and O–H groups in total. The van der Waals surface area contributed by atoms with Crippen molar-refractivity contribution in [2.24, 2.45) is 0 Å². The summed E-state index contributed by atoms with van der Waals surface area (Å²) in [4.78, 5) is 14.4. The number of aromatic hydroxyl groups is 1. The van der Waals surface area contributed by atoms with Crippen LogP contribution in [-0.2, 0) is 6.54 Å². The first kappa shape index (κ1) is 15.9. The fourth-order valence-corrected chi connectivity index (χ4v) is 3.83. The molecule has 2 heterocycles. The van der Waals surface area contributed by atoms with Crippen LogP contribution in [0.2, 0.25) is 0 Å². The van der Waals surface area contributed by atoms with E-state index in [0.29, 0.717) is 23.7 Å². The molecule has 0 radical (unpaired) electrons. The third-order valence-electron chi connectivity index (χ3n) is 5.14. The van der Waals surface area contributed by atoms with Crippen molar-refractivity contribution in [3.63, 3.8) is 0 Å². The van der Waals surface area contributed by atoms with Crippen LogP contribution in [-0.4, -0.2) is 16.6 Å². The average molecular weight is 335 g/mol. The first-order valence-electron chi connectivity index (χ1n) is 8.68. The van der Waals surface area contributed by atoms with Gasteiger partial charge >= 0.3 is 5.63 Å². The third kappa shape index (κ3) is 2.94. The van der Waals surface area contributed by atoms with Crippen molar-refractivity contribution in [1.82, 2.24) is 4.90 Å². The summed E-state index contributed by atoms with van der Waals surface area (Å²) in [5.41, 5.74) is 3.00. The highest BCUT2D eigenvalue weighted by molar-refractivity contribution is 5.84. The Labute approximate surface area is 146 Å². The van der Waals surface area contributed by atoms with Crippen molar-refractivity contribution >= 4 is 11.0 Å². The molecule has 2 aromatic carbocycles. The summed E-state index contributed by atoms with van der Waals surface area (Å²) < 4.78 is 5.36. The van der Waals surface area contributed by atoms with E-state index in [1.807, 2.05) is 12.1 Å². The Kier molecular flexibility index (Phi) is 4.06. The quantitative estimate of drug-likeness (QED) is 0.731. The van der Waals surface area contributed by atoms with E-state index in [4.69, 9.17) is 4.42 Å². The van der Waals surface area contributed by atoms with E-state index in [1.165, 1.54) is 5.56 Å². The van der Waals surface area contributed by atoms with E-state index in [2.05, 4.69) is 29.2 Å². The molecule has 1 unspecified atom stereocenters. The van der Waals surface area contributed by atoms with Crippen molar-refractivity contribution in [1.29, 1.82) is 0 Å². The fourth-order valence-electron chi connectivity index (χ4n) is 3.83. The zero-order valence-corrected chi connectivity index (χ0v) is 14.2. The minimum absolute atomic E-state index is 0.149. The summed E-state index contributed by atoms with van der Waals surface area (Å²) in [5, 5.41) is 10.8. The lowest BCUT2D eigenvalue weighted by Crippen LogP contribution is -2.23. The second kappa shape index (κ2) is 6.37. The first-order chi connectivity index (χ1) is 12.1. The number of aryl methyl sites for hydroxylation is 1. The van der Waals surface area contributed by atoms with E-state index in [-0.39, 0.29) is 11.4 Å². The molecule has 25 heavy (non-hydrogen) atoms. The Morgan fingerprint density at radius 2 is 2.00 bits per heavy atom. The summed E-state index contributed by atoms with van der Waals surface area (Å²) in [7, 11) is 0. The molecule has 128 valence electrons. The number of fused-ring (bicyclic) bond motifs is 1. The van der Waals surface area contributed by atoms with Gasteiger partial charge in [-0.15, -0.1) is 0 Å². The number of phenols is 1. The standard InChI is InChI=1S/C21H21NO3/c1-14-19(23)10-9-17-16(12-20(24)25-21(14)17)13-22-11-5-8-18(22)15-6-3-2-4-7-15/h2-4,6-7,9-10,12,18,23H,5,8,11,13H2,1H3. The Bertz CT molecular complexity index is 962. The lowest BCUT2D eigenvalue weighted by atomic mass is 10.0. The van der Waals surface area contributed by atoms with Crippen LogP contribution in [0.1, 0.15) is 35.6 Å². The van der Waals surface area contributed by atoms with Gasteiger partial charge in [-0.25, -0.2) is 4.79 Å². The molecule has 1 aliphatic rings. The number of benzene rings is 2. The van der Waals surface area contributed by atoms with E-state index >= 15 is 0 Å². The van der Waals surface area contributed by atoms with Crippen LogP contribution >= 0.6 is 0 Å². The van der Waals surface area contributed by atoms with Crippen molar-refractivity contribution in [2.45, 2.75) is 32.4 Å². The topological polar surface area (TPSA) is 53.7 Å². The van der Waals surface area contributed by atoms with E-state index in [1.54, 1.807) is 19.1 Å². The zero-order chi connectivity index (χ0) is 17.4. The van der Waals surface area contributed by atoms with Crippen LogP contribution in [0.25, 0.3) is 11.0 Å². The van der Waals surface area contributed by atoms with Crippen LogP contribution in [0.3, 0.4) is 0 Å². The molecule has 3 aromatic rings. The molecule has 1 fully saturated rings. The Morgan fingerprint density at radius 3 is 2.80 bits per heavy atom. The molecule has 1 aromatic heterocycles. The number of nitrogens with zero attached hydrogens (tertiary/aromatic N) is 1. The summed E-state index contributed by atoms with van der Waals surface area (Å²) in [6.45, 7) is 3.48. The normalized spacial score (nSPS) is 18.0. The molecule has 0 saturated carbocycles. The second-order valence-corrected chi connectivity index (χ2v) is 6.72. The van der Waals surface area contributed by atoms with E-state index in [0.717, 1.165) is 30.3 Å². The molecule has 0 aliphatic carbocycles. The maximum absolute atomic E-state index is 12.0. The number of phenolic OH excluding ortho intramolecular Hbond substituents is 1. The summed E-state index contributed by atoms with van der Waals surface area (Å²) in [6, 6.07) is 16.0. The van der Waals surface area contributed by atoms with E-state index in [9.17, 15) is 9.90 Å². The maximum Gasteiger partial charge on any atom is 0.336 e. The van der Waals surface area contributed by atoms with Crippen molar-refractivity contribution in [2.75, 3.05) is 6.54 Å². The Morgan fingerprint density at radius 1 is 1.20 bits per heavy atom. The lowest BCUT2D eigenvalue weighted by molar-refractivity contribution is 0.249. The van der Waals surface area contributed by atoms with Gasteiger partial charge in [0, 0.05) is 29.6 Å². The van der Waals surface area contributed by atoms with Crippen LogP contribution in [0.5, 0.6) is 5.75 Å². The number of hydrogen-bond donors (Lipinski definition) is 1. The van der Waals surface area contributed by atoms with Gasteiger partial charge in [0.15, 0.2) is 0 Å². The highest BCUT2D eigenvalue weighted by Gasteiger charge is 2.26. The van der Waals surface area contributed by atoms with Gasteiger partial charge in [0.05, 0.1) is 0 Å². The highest BCUT2D eigenvalue weighted by atomic mass is 16.4. The van der Waals surface area contributed by atoms with Gasteiger partial charge in [-0.05, 0) is 49.6 Å². The molecule has 1 atom stereocenters. The summed E-state index contributed by atoms with van der Waals surface area (Å²) in [6.07, 6.45) is 2.28. The van der Waals surface area contributed by atoms with Gasteiger partial charge in [-0.3, -0.25) is 4.90 Å². The molecule has 4 nitrogen and oxygen atoms in total. The van der Waals surface area contributed by atoms with Crippen LogP contribution in [0, 0.1) is 6.92 Å².